The molecule has 0 bridgehead atoms. The number of carboxylic acid groups (broad SMARTS) is 1. The quantitative estimate of drug-likeness (QED) is 0.199. The Kier molecular flexibility index (Phi) is 12.4. The van der Waals surface area contributed by atoms with Crippen molar-refractivity contribution in [2.75, 3.05) is 33.3 Å². The summed E-state index contributed by atoms with van der Waals surface area (Å²) in [6.45, 7) is 1.05. The van der Waals surface area contributed by atoms with Crippen LogP contribution in [-0.2, 0) is 29.2 Å². The van der Waals surface area contributed by atoms with E-state index in [-0.39, 0.29) is 50.1 Å². The van der Waals surface area contributed by atoms with Crippen LogP contribution in [0.2, 0.25) is 0 Å². The molecule has 4 fully saturated rings. The number of likely N-dealkylation sites (tertiary alicyclic amines) is 1. The van der Waals surface area contributed by atoms with Crippen molar-refractivity contribution < 1.29 is 47.0 Å². The molecule has 0 radical (unpaired) electrons. The number of hydrogen-bond acceptors (Lipinski definition) is 10. The predicted octanol–water partition coefficient (Wildman–Crippen LogP) is 4.38. The number of rotatable bonds is 11. The summed E-state index contributed by atoms with van der Waals surface area (Å²) in [5, 5.41) is 14.5. The van der Waals surface area contributed by atoms with Crippen molar-refractivity contribution >= 4 is 50.6 Å². The van der Waals surface area contributed by atoms with Crippen LogP contribution in [0.1, 0.15) is 70.6 Å². The van der Waals surface area contributed by atoms with Crippen molar-refractivity contribution in [3.63, 3.8) is 0 Å². The van der Waals surface area contributed by atoms with Gasteiger partial charge in [0.2, 0.25) is 27.7 Å². The standard InChI is InChI=1S/C45H54N6O10S/c1-60-32-14-17-35-37(21-32)47-36(29-10-7-5-8-11-29)23-39(35)61-33-22-38-41(53)48-45(43(55)49-62(58,59)34-15-16-34)24-31(45)13-9-4-2-3-6-12-30(42(54)51(38)27-33)20-40(52)50-19-18-28(26-50)25-46-44(56)57/h5,7-11,13-14,17,21,23,28,30-31,33-34,38,46H,2-4,6,12,15-16,18-20,22,24-27H2,1H3,(H,48,53)(H,49,55)(H,56,57)/t28-,30+,31?,33+,38-,45+/m0/s1. The van der Waals surface area contributed by atoms with Crippen LogP contribution in [0.5, 0.6) is 11.5 Å². The minimum absolute atomic E-state index is 0.00743. The fourth-order valence-corrected chi connectivity index (χ4v) is 10.5. The van der Waals surface area contributed by atoms with E-state index in [4.69, 9.17) is 19.6 Å². The zero-order valence-electron chi connectivity index (χ0n) is 34.8. The number of sulfonamides is 1. The minimum atomic E-state index is -3.92. The first kappa shape index (κ1) is 43.0. The lowest BCUT2D eigenvalue weighted by Gasteiger charge is -2.30. The number of methoxy groups -OCH3 is 1. The number of nitrogens with zero attached hydrogens (tertiary/aromatic N) is 3. The number of allylic oxidation sites excluding steroid dienone is 1. The van der Waals surface area contributed by atoms with Gasteiger partial charge in [-0.3, -0.25) is 23.9 Å². The molecule has 5 amide bonds. The Morgan fingerprint density at radius 3 is 2.56 bits per heavy atom. The molecule has 2 aliphatic carbocycles. The highest BCUT2D eigenvalue weighted by atomic mass is 32.2. The summed E-state index contributed by atoms with van der Waals surface area (Å²) in [5.74, 6) is -2.15. The van der Waals surface area contributed by atoms with Gasteiger partial charge in [0, 0.05) is 67.4 Å². The van der Waals surface area contributed by atoms with Gasteiger partial charge in [-0.1, -0.05) is 55.3 Å². The Labute approximate surface area is 360 Å². The number of aromatic nitrogens is 1. The fourth-order valence-electron chi connectivity index (χ4n) is 9.11. The Morgan fingerprint density at radius 1 is 1.00 bits per heavy atom. The lowest BCUT2D eigenvalue weighted by atomic mass is 9.94. The van der Waals surface area contributed by atoms with Gasteiger partial charge in [0.05, 0.1) is 30.1 Å². The SMILES string of the molecule is COc1ccc2c(O[C@@H]3C[C@H]4C(=O)N[C@]5(C(=O)NS(=O)(=O)C6CC6)CC5C=CCCCCC[C@H](CC(=O)N5CC[C@@H](CNC(=O)O)C5)C(=O)N4C3)cc(-c3ccccc3)nc2c1. The number of benzene rings is 2. The van der Waals surface area contributed by atoms with Crippen molar-refractivity contribution in [3.05, 3.63) is 66.7 Å². The van der Waals surface area contributed by atoms with Crippen molar-refractivity contribution in [2.24, 2.45) is 17.8 Å². The number of hydrogen-bond donors (Lipinski definition) is 4. The second-order valence-corrected chi connectivity index (χ2v) is 19.3. The third-order valence-electron chi connectivity index (χ3n) is 12.9. The van der Waals surface area contributed by atoms with Gasteiger partial charge < -0.3 is 35.0 Å². The normalized spacial score (nSPS) is 26.7. The van der Waals surface area contributed by atoms with Crippen LogP contribution in [0, 0.1) is 17.8 Å². The number of carbonyl (C=O) groups excluding carboxylic acids is 4. The summed E-state index contributed by atoms with van der Waals surface area (Å²) in [6.07, 6.45) is 7.07. The summed E-state index contributed by atoms with van der Waals surface area (Å²) < 4.78 is 40.5. The van der Waals surface area contributed by atoms with Crippen LogP contribution >= 0.6 is 0 Å². The number of ether oxygens (including phenoxy) is 2. The molecule has 62 heavy (non-hydrogen) atoms. The molecule has 2 saturated carbocycles. The number of pyridine rings is 1. The molecular formula is C45H54N6O10S. The molecule has 2 aromatic carbocycles. The molecule has 2 saturated heterocycles. The van der Waals surface area contributed by atoms with E-state index < -0.39 is 62.7 Å². The maximum absolute atomic E-state index is 14.9. The second kappa shape index (κ2) is 17.9. The molecule has 16 nitrogen and oxygen atoms in total. The van der Waals surface area contributed by atoms with Crippen LogP contribution in [0.15, 0.2) is 66.7 Å². The summed E-state index contributed by atoms with van der Waals surface area (Å²) in [4.78, 5) is 76.6. The van der Waals surface area contributed by atoms with Gasteiger partial charge in [-0.25, -0.2) is 18.2 Å². The van der Waals surface area contributed by atoms with Gasteiger partial charge in [-0.15, -0.1) is 0 Å². The van der Waals surface area contributed by atoms with Crippen LogP contribution in [0.4, 0.5) is 4.79 Å². The highest BCUT2D eigenvalue weighted by Gasteiger charge is 2.62. The molecule has 4 N–H and O–H groups in total. The van der Waals surface area contributed by atoms with Crippen LogP contribution < -0.4 is 24.8 Å². The molecule has 1 aromatic heterocycles. The van der Waals surface area contributed by atoms with E-state index in [0.29, 0.717) is 79.7 Å². The number of carbonyl (C=O) groups is 5. The second-order valence-electron chi connectivity index (χ2n) is 17.3. The van der Waals surface area contributed by atoms with Crippen LogP contribution in [-0.4, -0.2) is 114 Å². The Hall–Kier alpha value is -5.71. The van der Waals surface area contributed by atoms with E-state index in [1.165, 1.54) is 4.90 Å². The Balaban J connectivity index is 1.10. The van der Waals surface area contributed by atoms with E-state index in [1.54, 1.807) is 18.1 Å². The van der Waals surface area contributed by atoms with Crippen molar-refractivity contribution in [3.8, 4) is 22.8 Å². The Bertz CT molecular complexity index is 2360. The molecule has 3 aliphatic heterocycles. The van der Waals surface area contributed by atoms with Gasteiger partial charge in [-0.05, 0) is 63.0 Å². The average Bonchev–Trinajstić information content (AvgIpc) is 4.14. The maximum Gasteiger partial charge on any atom is 0.404 e. The zero-order chi connectivity index (χ0) is 43.6. The first-order chi connectivity index (χ1) is 29.8. The first-order valence-electron chi connectivity index (χ1n) is 21.6. The lowest BCUT2D eigenvalue weighted by molar-refractivity contribution is -0.145. The average molecular weight is 871 g/mol. The van der Waals surface area contributed by atoms with E-state index in [0.717, 1.165) is 18.4 Å². The molecule has 5 aliphatic rings. The van der Waals surface area contributed by atoms with E-state index in [9.17, 15) is 32.4 Å². The van der Waals surface area contributed by atoms with E-state index >= 15 is 0 Å². The first-order valence-corrected chi connectivity index (χ1v) is 23.2. The lowest BCUT2D eigenvalue weighted by Crippen LogP contribution is -2.57. The summed E-state index contributed by atoms with van der Waals surface area (Å²) in [7, 11) is -2.35. The molecule has 17 heteroatoms. The smallest absolute Gasteiger partial charge is 0.404 e. The molecular weight excluding hydrogens is 817 g/mol. The molecule has 3 aromatic rings. The molecule has 8 rings (SSSR count). The number of nitrogens with one attached hydrogen (secondary N) is 3. The fraction of sp³-hybridized carbons (Fsp3) is 0.511. The highest BCUT2D eigenvalue weighted by Crippen LogP contribution is 2.46. The summed E-state index contributed by atoms with van der Waals surface area (Å²) >= 11 is 0. The van der Waals surface area contributed by atoms with Crippen LogP contribution in [0.25, 0.3) is 22.2 Å². The van der Waals surface area contributed by atoms with Crippen molar-refractivity contribution in [2.45, 2.75) is 93.6 Å². The summed E-state index contributed by atoms with van der Waals surface area (Å²) in [6, 6.07) is 15.8. The maximum atomic E-state index is 14.9. The monoisotopic (exact) mass is 870 g/mol. The Morgan fingerprint density at radius 2 is 1.81 bits per heavy atom. The summed E-state index contributed by atoms with van der Waals surface area (Å²) in [5.41, 5.74) is 0.592. The van der Waals surface area contributed by atoms with E-state index in [2.05, 4.69) is 15.4 Å². The molecule has 4 heterocycles. The van der Waals surface area contributed by atoms with Crippen molar-refractivity contribution in [1.82, 2.24) is 30.1 Å². The third kappa shape index (κ3) is 9.52. The zero-order valence-corrected chi connectivity index (χ0v) is 35.6. The molecule has 6 atom stereocenters. The molecule has 1 unspecified atom stereocenters. The van der Waals surface area contributed by atoms with Gasteiger partial charge in [0.1, 0.15) is 29.2 Å². The number of fused-ring (bicyclic) bond motifs is 3. The highest BCUT2D eigenvalue weighted by molar-refractivity contribution is 7.91. The molecule has 330 valence electrons. The van der Waals surface area contributed by atoms with Crippen LogP contribution in [0.3, 0.4) is 0 Å². The van der Waals surface area contributed by atoms with Gasteiger partial charge in [-0.2, -0.15) is 0 Å². The molecule has 0 spiro atoms. The number of amides is 5. The van der Waals surface area contributed by atoms with Gasteiger partial charge in [0.25, 0.3) is 5.91 Å². The minimum Gasteiger partial charge on any atom is -0.497 e. The van der Waals surface area contributed by atoms with E-state index in [1.807, 2.05) is 60.7 Å². The topological polar surface area (TPSA) is 214 Å². The van der Waals surface area contributed by atoms with Crippen molar-refractivity contribution in [1.29, 1.82) is 0 Å². The van der Waals surface area contributed by atoms with Gasteiger partial charge in [0.15, 0.2) is 0 Å². The third-order valence-corrected chi connectivity index (χ3v) is 14.7. The van der Waals surface area contributed by atoms with Gasteiger partial charge >= 0.3 is 6.09 Å². The predicted molar refractivity (Wildman–Crippen MR) is 228 cm³/mol. The largest absolute Gasteiger partial charge is 0.497 e.